The van der Waals surface area contributed by atoms with Gasteiger partial charge in [0.15, 0.2) is 0 Å². The number of alkyl halides is 3. The predicted molar refractivity (Wildman–Crippen MR) is 187 cm³/mol. The van der Waals surface area contributed by atoms with Gasteiger partial charge in [-0.25, -0.2) is 22.4 Å². The first kappa shape index (κ1) is 39.8. The Balaban J connectivity index is 1.34. The van der Waals surface area contributed by atoms with E-state index in [1.54, 1.807) is 39.0 Å². The Labute approximate surface area is 307 Å². The number of benzene rings is 3. The van der Waals surface area contributed by atoms with Gasteiger partial charge in [-0.3, -0.25) is 9.59 Å². The molecule has 1 saturated carbocycles. The van der Waals surface area contributed by atoms with E-state index in [1.165, 1.54) is 31.4 Å². The third-order valence-electron chi connectivity index (χ3n) is 9.00. The lowest BCUT2D eigenvalue weighted by molar-refractivity contribution is -0.139. The maximum Gasteiger partial charge on any atom is 0.501 e. The van der Waals surface area contributed by atoms with Crippen LogP contribution in [0.4, 0.5) is 28.0 Å². The van der Waals surface area contributed by atoms with Gasteiger partial charge < -0.3 is 30.5 Å². The van der Waals surface area contributed by atoms with Gasteiger partial charge in [0, 0.05) is 29.8 Å². The average molecular weight is 776 g/mol. The number of fused-ring (bicyclic) bond motifs is 2. The number of alkyl carbamates (subject to hydrolysis) is 1. The van der Waals surface area contributed by atoms with Gasteiger partial charge in [0.2, 0.25) is 5.91 Å². The number of nitrogens with one attached hydrogen (secondary N) is 3. The van der Waals surface area contributed by atoms with E-state index in [9.17, 15) is 45.9 Å². The summed E-state index contributed by atoms with van der Waals surface area (Å²) in [5.41, 5.74) is -5.81. The number of hydrogen-bond acceptors (Lipinski definition) is 8. The molecule has 0 aromatic heterocycles. The molecule has 2 aliphatic carbocycles. The Morgan fingerprint density at radius 3 is 2.24 bits per heavy atom. The first-order valence-electron chi connectivity index (χ1n) is 16.6. The zero-order chi connectivity index (χ0) is 39.7. The maximum atomic E-state index is 15.4. The minimum Gasteiger partial charge on any atom is -0.496 e. The Bertz CT molecular complexity index is 2100. The largest absolute Gasteiger partial charge is 0.501 e. The van der Waals surface area contributed by atoms with Crippen molar-refractivity contribution in [2.24, 2.45) is 17.8 Å². The molecule has 0 heterocycles. The third kappa shape index (κ3) is 8.67. The smallest absolute Gasteiger partial charge is 0.496 e. The molecule has 1 fully saturated rings. The highest BCUT2D eigenvalue weighted by Gasteiger charge is 2.50. The SMILES string of the molecule is COc1cc(F)c(-c2ccc(C[C@H](NC(=O)OC(C)(C)C)C(=O)O)cc2)cc1C(=O)NC1C2C=CC(C2)C1C(=O)Nc1cccc(S(=O)(=O)C(F)(F)F)c1. The molecule has 12 nitrogen and oxygen atoms in total. The number of carbonyl (C=O) groups excluding carboxylic acids is 3. The fourth-order valence-corrected chi connectivity index (χ4v) is 7.34. The molecule has 0 saturated heterocycles. The van der Waals surface area contributed by atoms with E-state index in [-0.39, 0.29) is 40.8 Å². The third-order valence-corrected chi connectivity index (χ3v) is 10.5. The van der Waals surface area contributed by atoms with Crippen LogP contribution in [-0.2, 0) is 30.6 Å². The van der Waals surface area contributed by atoms with Crippen molar-refractivity contribution in [3.8, 4) is 16.9 Å². The zero-order valence-corrected chi connectivity index (χ0v) is 30.2. The fraction of sp³-hybridized carbons (Fsp3) is 0.351. The van der Waals surface area contributed by atoms with Crippen LogP contribution in [0.1, 0.15) is 43.1 Å². The van der Waals surface area contributed by atoms with Crippen LogP contribution in [0, 0.1) is 23.6 Å². The number of carbonyl (C=O) groups is 4. The van der Waals surface area contributed by atoms with E-state index in [2.05, 4.69) is 16.0 Å². The fourth-order valence-electron chi connectivity index (χ4n) is 6.53. The number of rotatable bonds is 11. The molecule has 0 aliphatic heterocycles. The van der Waals surface area contributed by atoms with Crippen LogP contribution < -0.4 is 20.7 Å². The molecule has 5 atom stereocenters. The van der Waals surface area contributed by atoms with Crippen molar-refractivity contribution in [2.75, 3.05) is 12.4 Å². The molecule has 2 bridgehead atoms. The summed E-state index contributed by atoms with van der Waals surface area (Å²) in [6, 6.07) is 10.1. The number of methoxy groups -OCH3 is 1. The van der Waals surface area contributed by atoms with Gasteiger partial charge in [-0.05, 0) is 74.4 Å². The van der Waals surface area contributed by atoms with E-state index in [1.807, 2.05) is 6.08 Å². The number of anilines is 1. The molecule has 3 aromatic carbocycles. The number of allylic oxidation sites excluding steroid dienone is 1. The summed E-state index contributed by atoms with van der Waals surface area (Å²) < 4.78 is 89.1. The molecule has 54 heavy (non-hydrogen) atoms. The highest BCUT2D eigenvalue weighted by atomic mass is 32.2. The lowest BCUT2D eigenvalue weighted by atomic mass is 9.87. The Morgan fingerprint density at radius 1 is 0.963 bits per heavy atom. The maximum absolute atomic E-state index is 15.4. The summed E-state index contributed by atoms with van der Waals surface area (Å²) in [5.74, 6) is -5.01. The summed E-state index contributed by atoms with van der Waals surface area (Å²) in [4.78, 5) is 50.3. The van der Waals surface area contributed by atoms with Gasteiger partial charge in [-0.15, -0.1) is 0 Å². The lowest BCUT2D eigenvalue weighted by Crippen LogP contribution is -2.47. The Hall–Kier alpha value is -5.45. The van der Waals surface area contributed by atoms with E-state index in [4.69, 9.17) is 9.47 Å². The molecular formula is C37H37F4N3O9S. The van der Waals surface area contributed by atoms with Crippen LogP contribution >= 0.6 is 0 Å². The van der Waals surface area contributed by atoms with E-state index >= 15 is 4.39 Å². The molecule has 0 radical (unpaired) electrons. The van der Waals surface area contributed by atoms with Crippen molar-refractivity contribution in [3.05, 3.63) is 89.8 Å². The topological polar surface area (TPSA) is 177 Å². The number of carboxylic acids is 1. The van der Waals surface area contributed by atoms with Crippen molar-refractivity contribution >= 4 is 39.4 Å². The van der Waals surface area contributed by atoms with Crippen molar-refractivity contribution in [1.82, 2.24) is 10.6 Å². The number of hydrogen-bond donors (Lipinski definition) is 4. The molecular weight excluding hydrogens is 738 g/mol. The van der Waals surface area contributed by atoms with Crippen LogP contribution in [0.3, 0.4) is 0 Å². The number of amides is 3. The van der Waals surface area contributed by atoms with Crippen molar-refractivity contribution in [2.45, 2.75) is 61.7 Å². The summed E-state index contributed by atoms with van der Waals surface area (Å²) in [7, 11) is -4.43. The first-order valence-corrected chi connectivity index (χ1v) is 18.1. The molecule has 5 rings (SSSR count). The second-order valence-corrected chi connectivity index (χ2v) is 15.9. The minimum atomic E-state index is -5.67. The summed E-state index contributed by atoms with van der Waals surface area (Å²) >= 11 is 0. The van der Waals surface area contributed by atoms with Gasteiger partial charge in [-0.2, -0.15) is 13.2 Å². The van der Waals surface area contributed by atoms with Crippen LogP contribution in [0.2, 0.25) is 0 Å². The second kappa shape index (κ2) is 15.1. The van der Waals surface area contributed by atoms with E-state index < -0.39 is 73.5 Å². The first-order chi connectivity index (χ1) is 25.2. The highest BCUT2D eigenvalue weighted by molar-refractivity contribution is 7.92. The lowest BCUT2D eigenvalue weighted by Gasteiger charge is -2.28. The molecule has 4 N–H and O–H groups in total. The molecule has 3 aromatic rings. The monoisotopic (exact) mass is 775 g/mol. The van der Waals surface area contributed by atoms with Crippen molar-refractivity contribution < 1.29 is 59.7 Å². The average Bonchev–Trinajstić information content (AvgIpc) is 3.69. The molecule has 4 unspecified atom stereocenters. The van der Waals surface area contributed by atoms with E-state index in [0.29, 0.717) is 23.6 Å². The van der Waals surface area contributed by atoms with Crippen molar-refractivity contribution in [3.63, 3.8) is 0 Å². The molecule has 2 aliphatic rings. The number of aliphatic carboxylic acids is 1. The summed E-state index contributed by atoms with van der Waals surface area (Å²) in [5, 5.41) is 17.3. The standard InChI is InChI=1S/C37H37F4N3O9S/c1-36(2,3)53-35(49)43-28(34(47)48)14-19-8-10-20(11-9-19)25-17-26(29(52-4)18-27(25)38)32(45)44-31-22-13-12-21(15-22)30(31)33(46)42-23-6-5-7-24(16-23)54(50,51)37(39,40)41/h5-13,16-18,21-22,28,30-31H,14-15H2,1-4H3,(H,42,46)(H,43,49)(H,44,45)(H,47,48)/t21?,22?,28-,30?,31?/m0/s1. The number of ether oxygens (including phenoxy) is 2. The van der Waals surface area contributed by atoms with Crippen LogP contribution in [0.15, 0.2) is 77.7 Å². The molecule has 288 valence electrons. The van der Waals surface area contributed by atoms with Crippen molar-refractivity contribution in [1.29, 1.82) is 0 Å². The van der Waals surface area contributed by atoms with Gasteiger partial charge in [0.25, 0.3) is 15.7 Å². The molecule has 17 heteroatoms. The van der Waals surface area contributed by atoms with Gasteiger partial charge in [0.1, 0.15) is 23.2 Å². The molecule has 0 spiro atoms. The Kier molecular flexibility index (Phi) is 11.1. The second-order valence-electron chi connectivity index (χ2n) is 13.9. The van der Waals surface area contributed by atoms with Gasteiger partial charge in [-0.1, -0.05) is 42.5 Å². The van der Waals surface area contributed by atoms with E-state index in [0.717, 1.165) is 18.2 Å². The van der Waals surface area contributed by atoms with Crippen LogP contribution in [-0.4, -0.2) is 67.7 Å². The zero-order valence-electron chi connectivity index (χ0n) is 29.4. The summed E-state index contributed by atoms with van der Waals surface area (Å²) in [6.45, 7) is 4.90. The number of sulfone groups is 1. The quantitative estimate of drug-likeness (QED) is 0.137. The van der Waals surface area contributed by atoms with Gasteiger partial charge in [0.05, 0.1) is 23.5 Å². The number of carboxylic acid groups (broad SMARTS) is 1. The summed E-state index contributed by atoms with van der Waals surface area (Å²) in [6.07, 6.45) is 3.11. The Morgan fingerprint density at radius 2 is 1.63 bits per heavy atom. The minimum absolute atomic E-state index is 0.00462. The number of halogens is 4. The van der Waals surface area contributed by atoms with Crippen LogP contribution in [0.25, 0.3) is 11.1 Å². The predicted octanol–water partition coefficient (Wildman–Crippen LogP) is 5.87. The molecule has 3 amide bonds. The van der Waals surface area contributed by atoms with Crippen LogP contribution in [0.5, 0.6) is 5.75 Å². The highest BCUT2D eigenvalue weighted by Crippen LogP contribution is 2.45. The normalized spacial score (nSPS) is 19.9. The van der Waals surface area contributed by atoms with Gasteiger partial charge >= 0.3 is 17.6 Å².